The number of hydrogen-bond donors (Lipinski definition) is 0. The van der Waals surface area contributed by atoms with E-state index >= 15 is 0 Å². The summed E-state index contributed by atoms with van der Waals surface area (Å²) in [6.07, 6.45) is 4.55. The van der Waals surface area contributed by atoms with Crippen molar-refractivity contribution >= 4 is 29.1 Å². The highest BCUT2D eigenvalue weighted by molar-refractivity contribution is 6.30. The second-order valence-electron chi connectivity index (χ2n) is 9.32. The van der Waals surface area contributed by atoms with Crippen molar-refractivity contribution in [3.63, 3.8) is 0 Å². The fourth-order valence-corrected chi connectivity index (χ4v) is 5.90. The van der Waals surface area contributed by atoms with Gasteiger partial charge in [-0.3, -0.25) is 4.79 Å². The molecule has 2 aromatic rings. The molecule has 2 aliphatic carbocycles. The molecule has 0 unspecified atom stereocenters. The van der Waals surface area contributed by atoms with Crippen LogP contribution in [0.4, 0.5) is 4.79 Å². The molecule has 0 aromatic heterocycles. The third-order valence-corrected chi connectivity index (χ3v) is 7.35. The van der Waals surface area contributed by atoms with Crippen LogP contribution < -0.4 is 0 Å². The van der Waals surface area contributed by atoms with Crippen LogP contribution in [0.2, 0.25) is 5.02 Å². The average Bonchev–Trinajstić information content (AvgIpc) is 3.00. The minimum Gasteiger partial charge on any atom is -0.434 e. The zero-order valence-corrected chi connectivity index (χ0v) is 20.6. The van der Waals surface area contributed by atoms with Crippen molar-refractivity contribution in [2.24, 2.45) is 5.41 Å². The van der Waals surface area contributed by atoms with Gasteiger partial charge in [-0.1, -0.05) is 49.1 Å². The second kappa shape index (κ2) is 9.34. The zero-order chi connectivity index (χ0) is 23.8. The molecule has 4 nitrogen and oxygen atoms in total. The van der Waals surface area contributed by atoms with Crippen LogP contribution in [-0.2, 0) is 14.3 Å². The number of aryl methyl sites for hydroxylation is 2. The number of Topliss-reactive ketones (excluding diaryl/α,β-unsaturated/α-hetero) is 1. The first-order valence-corrected chi connectivity index (χ1v) is 12.1. The van der Waals surface area contributed by atoms with Crippen molar-refractivity contribution in [2.45, 2.75) is 66.2 Å². The lowest BCUT2D eigenvalue weighted by Crippen LogP contribution is -2.27. The van der Waals surface area contributed by atoms with Gasteiger partial charge < -0.3 is 9.47 Å². The molecule has 0 heterocycles. The van der Waals surface area contributed by atoms with Gasteiger partial charge in [0.05, 0.1) is 12.2 Å². The Bertz CT molecular complexity index is 1120. The van der Waals surface area contributed by atoms with Gasteiger partial charge >= 0.3 is 6.16 Å². The van der Waals surface area contributed by atoms with Crippen LogP contribution in [0.3, 0.4) is 0 Å². The van der Waals surface area contributed by atoms with E-state index in [9.17, 15) is 9.59 Å². The quantitative estimate of drug-likeness (QED) is 0.432. The smallest absolute Gasteiger partial charge is 0.434 e. The van der Waals surface area contributed by atoms with Crippen LogP contribution in [0, 0.1) is 26.2 Å². The van der Waals surface area contributed by atoms with E-state index in [1.54, 1.807) is 6.92 Å². The predicted molar refractivity (Wildman–Crippen MR) is 131 cm³/mol. The molecule has 0 N–H and O–H groups in total. The molecule has 0 atom stereocenters. The van der Waals surface area contributed by atoms with Gasteiger partial charge in [0.25, 0.3) is 0 Å². The molecule has 0 aliphatic heterocycles. The maximum atomic E-state index is 13.6. The van der Waals surface area contributed by atoms with Gasteiger partial charge in [0.1, 0.15) is 5.76 Å². The molecule has 0 bridgehead atoms. The molecular formula is C28H31ClO4. The van der Waals surface area contributed by atoms with E-state index < -0.39 is 11.6 Å². The number of halogens is 1. The lowest BCUT2D eigenvalue weighted by molar-refractivity contribution is -0.114. The van der Waals surface area contributed by atoms with Crippen molar-refractivity contribution in [3.05, 3.63) is 63.4 Å². The molecule has 33 heavy (non-hydrogen) atoms. The van der Waals surface area contributed by atoms with Gasteiger partial charge in [0.15, 0.2) is 5.78 Å². The van der Waals surface area contributed by atoms with Crippen molar-refractivity contribution in [1.29, 1.82) is 0 Å². The molecule has 0 radical (unpaired) electrons. The molecule has 0 saturated heterocycles. The first-order chi connectivity index (χ1) is 15.8. The number of carbonyl (C=O) groups is 2. The lowest BCUT2D eigenvalue weighted by Gasteiger charge is -2.34. The van der Waals surface area contributed by atoms with Crippen LogP contribution in [0.1, 0.15) is 67.7 Å². The van der Waals surface area contributed by atoms with Gasteiger partial charge in [0.2, 0.25) is 0 Å². The average molecular weight is 467 g/mol. The minimum atomic E-state index is -0.731. The Morgan fingerprint density at radius 2 is 1.64 bits per heavy atom. The SMILES string of the molecule is CCOC(=O)OC1=C(c2c(C)cc(C)c(-c3ccc(Cl)cc3)c2C)C(=O)CC12CCCCC2. The minimum absolute atomic E-state index is 0.0494. The van der Waals surface area contributed by atoms with Crippen molar-refractivity contribution in [1.82, 2.24) is 0 Å². The highest BCUT2D eigenvalue weighted by atomic mass is 35.5. The standard InChI is InChI=1S/C28H31ClO4/c1-5-32-27(31)33-26-25(22(30)16-28(26)13-7-6-8-14-28)24-18(3)15-17(2)23(19(24)4)20-9-11-21(29)12-10-20/h9-12,15H,5-8,13-14,16H2,1-4H3. The maximum Gasteiger partial charge on any atom is 0.513 e. The Hall–Kier alpha value is -2.59. The maximum absolute atomic E-state index is 13.6. The van der Waals surface area contributed by atoms with E-state index in [-0.39, 0.29) is 12.4 Å². The topological polar surface area (TPSA) is 52.6 Å². The fourth-order valence-electron chi connectivity index (χ4n) is 5.77. The number of ether oxygens (including phenoxy) is 2. The summed E-state index contributed by atoms with van der Waals surface area (Å²) in [6, 6.07) is 9.87. The molecule has 0 amide bonds. The Balaban J connectivity index is 1.94. The van der Waals surface area contributed by atoms with Gasteiger partial charge in [-0.15, -0.1) is 0 Å². The number of ketones is 1. The number of allylic oxidation sites excluding steroid dienone is 2. The first-order valence-electron chi connectivity index (χ1n) is 11.8. The molecule has 1 spiro atoms. The van der Waals surface area contributed by atoms with E-state index in [1.165, 1.54) is 0 Å². The summed E-state index contributed by atoms with van der Waals surface area (Å²) in [5.74, 6) is 0.566. The summed E-state index contributed by atoms with van der Waals surface area (Å²) in [4.78, 5) is 26.0. The number of benzene rings is 2. The van der Waals surface area contributed by atoms with Crippen LogP contribution in [0.15, 0.2) is 36.1 Å². The third kappa shape index (κ3) is 4.33. The van der Waals surface area contributed by atoms with Gasteiger partial charge in [-0.05, 0) is 86.1 Å². The summed E-state index contributed by atoms with van der Waals surface area (Å²) < 4.78 is 11.0. The van der Waals surface area contributed by atoms with Crippen LogP contribution in [0.25, 0.3) is 16.7 Å². The van der Waals surface area contributed by atoms with Crippen molar-refractivity contribution in [3.8, 4) is 11.1 Å². The monoisotopic (exact) mass is 466 g/mol. The van der Waals surface area contributed by atoms with Crippen LogP contribution in [0.5, 0.6) is 0 Å². The molecule has 174 valence electrons. The van der Waals surface area contributed by atoms with E-state index in [0.717, 1.165) is 65.5 Å². The Morgan fingerprint density at radius 1 is 1.00 bits per heavy atom. The van der Waals surface area contributed by atoms with Crippen LogP contribution >= 0.6 is 11.6 Å². The zero-order valence-electron chi connectivity index (χ0n) is 19.8. The normalized spacial score (nSPS) is 17.5. The molecular weight excluding hydrogens is 436 g/mol. The van der Waals surface area contributed by atoms with Crippen molar-refractivity contribution < 1.29 is 19.1 Å². The second-order valence-corrected chi connectivity index (χ2v) is 9.76. The molecule has 5 heteroatoms. The predicted octanol–water partition coefficient (Wildman–Crippen LogP) is 7.74. The van der Waals surface area contributed by atoms with E-state index in [1.807, 2.05) is 38.1 Å². The van der Waals surface area contributed by atoms with Gasteiger partial charge in [0, 0.05) is 16.9 Å². The van der Waals surface area contributed by atoms with E-state index in [0.29, 0.717) is 22.8 Å². The molecule has 4 rings (SSSR count). The highest BCUT2D eigenvalue weighted by Gasteiger charge is 2.49. The van der Waals surface area contributed by atoms with Crippen LogP contribution in [-0.4, -0.2) is 18.5 Å². The summed E-state index contributed by atoms with van der Waals surface area (Å²) in [6.45, 7) is 8.13. The summed E-state index contributed by atoms with van der Waals surface area (Å²) in [5, 5.41) is 0.680. The summed E-state index contributed by atoms with van der Waals surface area (Å²) >= 11 is 6.12. The van der Waals surface area contributed by atoms with Crippen molar-refractivity contribution in [2.75, 3.05) is 6.61 Å². The first kappa shape index (κ1) is 23.6. The molecule has 2 aliphatic rings. The third-order valence-electron chi connectivity index (χ3n) is 7.10. The Kier molecular flexibility index (Phi) is 6.67. The number of hydrogen-bond acceptors (Lipinski definition) is 4. The number of rotatable bonds is 4. The van der Waals surface area contributed by atoms with Gasteiger partial charge in [-0.25, -0.2) is 4.79 Å². The van der Waals surface area contributed by atoms with Gasteiger partial charge in [-0.2, -0.15) is 0 Å². The number of carbonyl (C=O) groups excluding carboxylic acids is 2. The lowest BCUT2D eigenvalue weighted by atomic mass is 9.72. The largest absolute Gasteiger partial charge is 0.513 e. The molecule has 1 fully saturated rings. The Labute approximate surface area is 200 Å². The molecule has 1 saturated carbocycles. The van der Waals surface area contributed by atoms with E-state index in [4.69, 9.17) is 21.1 Å². The molecule has 2 aromatic carbocycles. The highest BCUT2D eigenvalue weighted by Crippen LogP contribution is 2.55. The van der Waals surface area contributed by atoms with E-state index in [2.05, 4.69) is 13.0 Å². The Morgan fingerprint density at radius 3 is 2.27 bits per heavy atom. The summed E-state index contributed by atoms with van der Waals surface area (Å²) in [5.41, 5.74) is 6.27. The fraction of sp³-hybridized carbons (Fsp3) is 0.429. The summed E-state index contributed by atoms with van der Waals surface area (Å²) in [7, 11) is 0.